The van der Waals surface area contributed by atoms with Crippen LogP contribution in [-0.4, -0.2) is 18.6 Å². The van der Waals surface area contributed by atoms with Crippen LogP contribution in [0.25, 0.3) is 0 Å². The van der Waals surface area contributed by atoms with Gasteiger partial charge in [0, 0.05) is 13.0 Å². The summed E-state index contributed by atoms with van der Waals surface area (Å²) in [6.07, 6.45) is 3.26. The lowest BCUT2D eigenvalue weighted by Crippen LogP contribution is -2.28. The Bertz CT molecular complexity index is 551. The average Bonchev–Trinajstić information content (AvgIpc) is 2.99. The molecule has 6 heteroatoms. The third kappa shape index (κ3) is 4.60. The van der Waals surface area contributed by atoms with Crippen molar-refractivity contribution in [1.29, 1.82) is 5.26 Å². The number of amides is 1. The number of halogens is 2. The number of hydrogen-bond acceptors (Lipinski definition) is 3. The molecule has 0 aliphatic carbocycles. The maximum absolute atomic E-state index is 11.9. The van der Waals surface area contributed by atoms with Crippen molar-refractivity contribution < 1.29 is 9.53 Å². The number of ether oxygens (including phenoxy) is 1. The molecule has 1 fully saturated rings. The molecule has 1 aromatic carbocycles. The van der Waals surface area contributed by atoms with Gasteiger partial charge in [0.15, 0.2) is 0 Å². The zero-order valence-corrected chi connectivity index (χ0v) is 13.0. The van der Waals surface area contributed by atoms with Crippen LogP contribution in [0.2, 0.25) is 10.0 Å². The van der Waals surface area contributed by atoms with E-state index >= 15 is 0 Å². The Hall–Kier alpha value is -1.28. The van der Waals surface area contributed by atoms with E-state index in [4.69, 9.17) is 27.9 Å². The van der Waals surface area contributed by atoms with Gasteiger partial charge in [0.25, 0.3) is 0 Å². The second-order valence-corrected chi connectivity index (χ2v) is 5.79. The van der Waals surface area contributed by atoms with Crippen LogP contribution in [-0.2, 0) is 9.53 Å². The second kappa shape index (κ2) is 7.65. The Balaban J connectivity index is 1.90. The first-order chi connectivity index (χ1) is 10.1. The molecule has 0 spiro atoms. The standard InChI is InChI=1S/C15H16Cl2N2O2/c16-12-5-3-10(8-13(12)17)14(9-18)19-15(20)6-4-11-2-1-7-21-11/h3,5,8,11,14H,1-2,4,6-7H2,(H,19,20)/t11-,14+/m0/s1. The smallest absolute Gasteiger partial charge is 0.221 e. The van der Waals surface area contributed by atoms with Gasteiger partial charge >= 0.3 is 0 Å². The Labute approximate surface area is 134 Å². The Kier molecular flexibility index (Phi) is 5.86. The van der Waals surface area contributed by atoms with Gasteiger partial charge in [-0.2, -0.15) is 5.26 Å². The number of benzene rings is 1. The van der Waals surface area contributed by atoms with E-state index in [1.54, 1.807) is 18.2 Å². The van der Waals surface area contributed by atoms with Crippen molar-refractivity contribution in [1.82, 2.24) is 5.32 Å². The highest BCUT2D eigenvalue weighted by molar-refractivity contribution is 6.42. The molecule has 1 saturated heterocycles. The van der Waals surface area contributed by atoms with Crippen molar-refractivity contribution in [2.75, 3.05) is 6.61 Å². The molecule has 1 N–H and O–H groups in total. The predicted octanol–water partition coefficient (Wildman–Crippen LogP) is 3.63. The summed E-state index contributed by atoms with van der Waals surface area (Å²) < 4.78 is 5.47. The number of rotatable bonds is 5. The first-order valence-corrected chi connectivity index (χ1v) is 7.61. The fraction of sp³-hybridized carbons (Fsp3) is 0.467. The van der Waals surface area contributed by atoms with Crippen LogP contribution in [0.5, 0.6) is 0 Å². The molecule has 0 aromatic heterocycles. The van der Waals surface area contributed by atoms with Crippen molar-refractivity contribution in [2.45, 2.75) is 37.8 Å². The van der Waals surface area contributed by atoms with Gasteiger partial charge in [-0.05, 0) is 37.0 Å². The van der Waals surface area contributed by atoms with Crippen molar-refractivity contribution in [2.24, 2.45) is 0 Å². The molecule has 1 amide bonds. The fourth-order valence-corrected chi connectivity index (χ4v) is 2.59. The molecule has 1 aliphatic heterocycles. The summed E-state index contributed by atoms with van der Waals surface area (Å²) in [5.74, 6) is -0.164. The van der Waals surface area contributed by atoms with E-state index in [1.165, 1.54) is 0 Å². The number of hydrogen-bond donors (Lipinski definition) is 1. The highest BCUT2D eigenvalue weighted by atomic mass is 35.5. The highest BCUT2D eigenvalue weighted by Gasteiger charge is 2.19. The van der Waals surface area contributed by atoms with Crippen LogP contribution in [0.1, 0.15) is 37.3 Å². The van der Waals surface area contributed by atoms with Gasteiger partial charge in [-0.1, -0.05) is 29.3 Å². The zero-order valence-electron chi connectivity index (χ0n) is 11.4. The van der Waals surface area contributed by atoms with Crippen molar-refractivity contribution >= 4 is 29.1 Å². The molecule has 1 heterocycles. The van der Waals surface area contributed by atoms with Crippen molar-refractivity contribution in [3.63, 3.8) is 0 Å². The minimum absolute atomic E-state index is 0.164. The fourth-order valence-electron chi connectivity index (χ4n) is 2.28. The summed E-state index contributed by atoms with van der Waals surface area (Å²) in [4.78, 5) is 11.9. The van der Waals surface area contributed by atoms with Crippen LogP contribution in [0.4, 0.5) is 0 Å². The van der Waals surface area contributed by atoms with Gasteiger partial charge < -0.3 is 10.1 Å². The van der Waals surface area contributed by atoms with Gasteiger partial charge in [0.05, 0.1) is 22.2 Å². The predicted molar refractivity (Wildman–Crippen MR) is 81.2 cm³/mol. The largest absolute Gasteiger partial charge is 0.378 e. The summed E-state index contributed by atoms with van der Waals surface area (Å²) >= 11 is 11.8. The first-order valence-electron chi connectivity index (χ1n) is 6.85. The lowest BCUT2D eigenvalue weighted by atomic mass is 10.1. The zero-order chi connectivity index (χ0) is 15.2. The Morgan fingerprint density at radius 3 is 2.90 bits per heavy atom. The monoisotopic (exact) mass is 326 g/mol. The van der Waals surface area contributed by atoms with E-state index in [0.29, 0.717) is 28.5 Å². The topological polar surface area (TPSA) is 62.1 Å². The summed E-state index contributed by atoms with van der Waals surface area (Å²) in [5, 5.41) is 12.7. The van der Waals surface area contributed by atoms with Crippen molar-refractivity contribution in [3.05, 3.63) is 33.8 Å². The van der Waals surface area contributed by atoms with Gasteiger partial charge in [0.2, 0.25) is 5.91 Å². The summed E-state index contributed by atoms with van der Waals surface area (Å²) in [7, 11) is 0. The van der Waals surface area contributed by atoms with E-state index in [9.17, 15) is 10.1 Å². The molecule has 2 atom stereocenters. The van der Waals surface area contributed by atoms with E-state index in [2.05, 4.69) is 11.4 Å². The molecular formula is C15H16Cl2N2O2. The SMILES string of the molecule is N#C[C@@H](NC(=O)CC[C@@H]1CCCO1)c1ccc(Cl)c(Cl)c1. The van der Waals surface area contributed by atoms with E-state index in [0.717, 1.165) is 19.4 Å². The third-order valence-corrected chi connectivity index (χ3v) is 4.17. The van der Waals surface area contributed by atoms with Gasteiger partial charge in [0.1, 0.15) is 6.04 Å². The number of nitrogens with one attached hydrogen (secondary N) is 1. The van der Waals surface area contributed by atoms with Crippen LogP contribution >= 0.6 is 23.2 Å². The molecule has 21 heavy (non-hydrogen) atoms. The minimum Gasteiger partial charge on any atom is -0.378 e. The third-order valence-electron chi connectivity index (χ3n) is 3.43. The Morgan fingerprint density at radius 1 is 1.48 bits per heavy atom. The molecule has 0 radical (unpaired) electrons. The minimum atomic E-state index is -0.725. The lowest BCUT2D eigenvalue weighted by Gasteiger charge is -2.14. The number of carbonyl (C=O) groups is 1. The van der Waals surface area contributed by atoms with E-state index in [-0.39, 0.29) is 12.0 Å². The molecule has 0 unspecified atom stereocenters. The van der Waals surface area contributed by atoms with Crippen LogP contribution < -0.4 is 5.32 Å². The molecule has 4 nitrogen and oxygen atoms in total. The van der Waals surface area contributed by atoms with Crippen LogP contribution in [0.15, 0.2) is 18.2 Å². The summed E-state index contributed by atoms with van der Waals surface area (Å²) in [6.45, 7) is 0.774. The average molecular weight is 327 g/mol. The number of carbonyl (C=O) groups excluding carboxylic acids is 1. The Morgan fingerprint density at radius 2 is 2.29 bits per heavy atom. The molecule has 2 rings (SSSR count). The maximum Gasteiger partial charge on any atom is 0.221 e. The second-order valence-electron chi connectivity index (χ2n) is 4.98. The normalized spacial score (nSPS) is 19.0. The molecule has 1 aromatic rings. The van der Waals surface area contributed by atoms with E-state index in [1.807, 2.05) is 0 Å². The van der Waals surface area contributed by atoms with E-state index < -0.39 is 6.04 Å². The number of nitriles is 1. The van der Waals surface area contributed by atoms with Gasteiger partial charge in [-0.15, -0.1) is 0 Å². The number of nitrogens with zero attached hydrogens (tertiary/aromatic N) is 1. The quantitative estimate of drug-likeness (QED) is 0.898. The van der Waals surface area contributed by atoms with Crippen molar-refractivity contribution in [3.8, 4) is 6.07 Å². The summed E-state index contributed by atoms with van der Waals surface area (Å²) in [6, 6.07) is 6.23. The molecule has 0 saturated carbocycles. The molecule has 0 bridgehead atoms. The van der Waals surface area contributed by atoms with Crippen LogP contribution in [0, 0.1) is 11.3 Å². The maximum atomic E-state index is 11.9. The lowest BCUT2D eigenvalue weighted by molar-refractivity contribution is -0.122. The molecular weight excluding hydrogens is 311 g/mol. The van der Waals surface area contributed by atoms with Crippen LogP contribution in [0.3, 0.4) is 0 Å². The first kappa shape index (κ1) is 16.1. The molecule has 1 aliphatic rings. The van der Waals surface area contributed by atoms with Gasteiger partial charge in [-0.3, -0.25) is 4.79 Å². The van der Waals surface area contributed by atoms with Gasteiger partial charge in [-0.25, -0.2) is 0 Å². The highest BCUT2D eigenvalue weighted by Crippen LogP contribution is 2.25. The molecule has 112 valence electrons. The summed E-state index contributed by atoms with van der Waals surface area (Å²) in [5.41, 5.74) is 0.623.